The van der Waals surface area contributed by atoms with Gasteiger partial charge in [-0.05, 0) is 38.1 Å². The minimum atomic E-state index is 0.269. The van der Waals surface area contributed by atoms with Gasteiger partial charge in [0.1, 0.15) is 11.6 Å². The van der Waals surface area contributed by atoms with E-state index in [4.69, 9.17) is 0 Å². The van der Waals surface area contributed by atoms with E-state index in [0.717, 1.165) is 56.3 Å². The molecule has 6 heteroatoms. The molecule has 1 aliphatic heterocycles. The Bertz CT molecular complexity index is 722. The van der Waals surface area contributed by atoms with E-state index in [0.29, 0.717) is 0 Å². The van der Waals surface area contributed by atoms with Gasteiger partial charge in [-0.15, -0.1) is 0 Å². The number of benzene rings is 1. The second kappa shape index (κ2) is 8.56. The molecular formula is C20H27N5O. The molecule has 0 spiro atoms. The summed E-state index contributed by atoms with van der Waals surface area (Å²) in [7, 11) is 0. The Kier molecular flexibility index (Phi) is 5.94. The number of hydrogen-bond donors (Lipinski definition) is 1. The lowest BCUT2D eigenvalue weighted by Gasteiger charge is -2.33. The van der Waals surface area contributed by atoms with Crippen molar-refractivity contribution in [1.29, 1.82) is 0 Å². The Hall–Kier alpha value is -2.76. The normalized spacial score (nSPS) is 14.8. The van der Waals surface area contributed by atoms with Crippen LogP contribution in [0.4, 0.5) is 11.5 Å². The van der Waals surface area contributed by atoms with E-state index in [1.165, 1.54) is 0 Å². The molecule has 2 aromatic rings. The van der Waals surface area contributed by atoms with Crippen LogP contribution in [0.3, 0.4) is 0 Å². The molecule has 0 atom stereocenters. The van der Waals surface area contributed by atoms with E-state index in [2.05, 4.69) is 33.7 Å². The lowest BCUT2D eigenvalue weighted by atomic mass is 10.2. The van der Waals surface area contributed by atoms with Gasteiger partial charge >= 0.3 is 0 Å². The molecule has 1 fully saturated rings. The Morgan fingerprint density at radius 2 is 1.88 bits per heavy atom. The molecule has 0 saturated carbocycles. The maximum absolute atomic E-state index is 10.3. The molecule has 138 valence electrons. The SMILES string of the molecule is CCN(CC)c1ccc(/C=N/N2CCN(c3ccccn3)CC2)c(O)c1. The average Bonchev–Trinajstić information content (AvgIpc) is 2.69. The summed E-state index contributed by atoms with van der Waals surface area (Å²) in [6, 6.07) is 11.8. The molecule has 26 heavy (non-hydrogen) atoms. The van der Waals surface area contributed by atoms with Crippen LogP contribution in [0.1, 0.15) is 19.4 Å². The second-order valence-corrected chi connectivity index (χ2v) is 6.29. The third-order valence-corrected chi connectivity index (χ3v) is 4.73. The van der Waals surface area contributed by atoms with E-state index in [9.17, 15) is 5.11 Å². The monoisotopic (exact) mass is 353 g/mol. The van der Waals surface area contributed by atoms with Crippen LogP contribution in [0, 0.1) is 0 Å². The van der Waals surface area contributed by atoms with Gasteiger partial charge in [0, 0.05) is 49.7 Å². The molecule has 6 nitrogen and oxygen atoms in total. The lowest BCUT2D eigenvalue weighted by Crippen LogP contribution is -2.44. The van der Waals surface area contributed by atoms with Crippen LogP contribution in [0.5, 0.6) is 5.75 Å². The third-order valence-electron chi connectivity index (χ3n) is 4.73. The summed E-state index contributed by atoms with van der Waals surface area (Å²) in [6.45, 7) is 9.52. The Morgan fingerprint density at radius 3 is 2.50 bits per heavy atom. The van der Waals surface area contributed by atoms with Gasteiger partial charge in [-0.1, -0.05) is 6.07 Å². The van der Waals surface area contributed by atoms with Gasteiger partial charge in [0.25, 0.3) is 0 Å². The average molecular weight is 353 g/mol. The maximum Gasteiger partial charge on any atom is 0.128 e. The number of phenolic OH excluding ortho intramolecular Hbond substituents is 1. The van der Waals surface area contributed by atoms with Crippen molar-refractivity contribution in [3.05, 3.63) is 48.2 Å². The van der Waals surface area contributed by atoms with Crippen molar-refractivity contribution < 1.29 is 5.11 Å². The lowest BCUT2D eigenvalue weighted by molar-refractivity contribution is 0.271. The highest BCUT2D eigenvalue weighted by molar-refractivity contribution is 5.84. The number of phenols is 1. The van der Waals surface area contributed by atoms with Gasteiger partial charge in [-0.3, -0.25) is 5.01 Å². The smallest absolute Gasteiger partial charge is 0.128 e. The highest BCUT2D eigenvalue weighted by Gasteiger charge is 2.16. The van der Waals surface area contributed by atoms with Gasteiger partial charge in [0.2, 0.25) is 0 Å². The number of aromatic nitrogens is 1. The van der Waals surface area contributed by atoms with Crippen molar-refractivity contribution in [2.24, 2.45) is 5.10 Å². The van der Waals surface area contributed by atoms with Gasteiger partial charge in [-0.2, -0.15) is 5.10 Å². The Morgan fingerprint density at radius 1 is 1.12 bits per heavy atom. The summed E-state index contributed by atoms with van der Waals surface area (Å²) in [6.07, 6.45) is 3.57. The molecule has 2 heterocycles. The predicted molar refractivity (Wildman–Crippen MR) is 107 cm³/mol. The molecule has 1 aromatic carbocycles. The van der Waals surface area contributed by atoms with E-state index >= 15 is 0 Å². The van der Waals surface area contributed by atoms with Gasteiger partial charge in [0.15, 0.2) is 0 Å². The van der Waals surface area contributed by atoms with Crippen molar-refractivity contribution in [1.82, 2.24) is 9.99 Å². The molecule has 0 radical (unpaired) electrons. The number of nitrogens with zero attached hydrogens (tertiary/aromatic N) is 5. The molecule has 1 N–H and O–H groups in total. The van der Waals surface area contributed by atoms with Crippen molar-refractivity contribution in [2.75, 3.05) is 49.1 Å². The van der Waals surface area contributed by atoms with Crippen LogP contribution in [0.15, 0.2) is 47.7 Å². The summed E-state index contributed by atoms with van der Waals surface area (Å²) < 4.78 is 0. The van der Waals surface area contributed by atoms with Gasteiger partial charge in [0.05, 0.1) is 19.3 Å². The fourth-order valence-corrected chi connectivity index (χ4v) is 3.15. The first kappa shape index (κ1) is 18.0. The van der Waals surface area contributed by atoms with E-state index < -0.39 is 0 Å². The largest absolute Gasteiger partial charge is 0.507 e. The molecule has 0 bridgehead atoms. The van der Waals surface area contributed by atoms with Gasteiger partial charge in [-0.25, -0.2) is 4.98 Å². The zero-order valence-electron chi connectivity index (χ0n) is 15.5. The van der Waals surface area contributed by atoms with Crippen LogP contribution in [0.2, 0.25) is 0 Å². The van der Waals surface area contributed by atoms with Crippen molar-refractivity contribution >= 4 is 17.7 Å². The van der Waals surface area contributed by atoms with Gasteiger partial charge < -0.3 is 14.9 Å². The fourth-order valence-electron chi connectivity index (χ4n) is 3.15. The predicted octanol–water partition coefficient (Wildman–Crippen LogP) is 2.79. The number of hydrazone groups is 1. The summed E-state index contributed by atoms with van der Waals surface area (Å²) in [5.41, 5.74) is 1.78. The number of pyridine rings is 1. The second-order valence-electron chi connectivity index (χ2n) is 6.29. The Balaban J connectivity index is 1.59. The molecule has 1 saturated heterocycles. The highest BCUT2D eigenvalue weighted by atomic mass is 16.3. The zero-order chi connectivity index (χ0) is 18.4. The van der Waals surface area contributed by atoms with Crippen LogP contribution in [0.25, 0.3) is 0 Å². The maximum atomic E-state index is 10.3. The summed E-state index contributed by atoms with van der Waals surface area (Å²) in [5, 5.41) is 16.9. The van der Waals surface area contributed by atoms with Crippen molar-refractivity contribution in [3.8, 4) is 5.75 Å². The standard InChI is InChI=1S/C20H27N5O/c1-3-23(4-2)18-9-8-17(19(26)15-18)16-22-25-13-11-24(12-14-25)20-7-5-6-10-21-20/h5-10,15-16,26H,3-4,11-14H2,1-2H3/b22-16+. The first-order valence-corrected chi connectivity index (χ1v) is 9.24. The number of hydrogen-bond acceptors (Lipinski definition) is 6. The van der Waals surface area contributed by atoms with Crippen LogP contribution >= 0.6 is 0 Å². The summed E-state index contributed by atoms with van der Waals surface area (Å²) in [4.78, 5) is 8.87. The minimum Gasteiger partial charge on any atom is -0.507 e. The number of rotatable bonds is 6. The molecular weight excluding hydrogens is 326 g/mol. The van der Waals surface area contributed by atoms with Crippen LogP contribution in [-0.2, 0) is 0 Å². The van der Waals surface area contributed by atoms with E-state index in [1.54, 1.807) is 6.21 Å². The molecule has 0 unspecified atom stereocenters. The molecule has 3 rings (SSSR count). The fraction of sp³-hybridized carbons (Fsp3) is 0.400. The highest BCUT2D eigenvalue weighted by Crippen LogP contribution is 2.23. The quantitative estimate of drug-likeness (QED) is 0.810. The van der Waals surface area contributed by atoms with Crippen LogP contribution < -0.4 is 9.80 Å². The first-order valence-electron chi connectivity index (χ1n) is 9.24. The minimum absolute atomic E-state index is 0.269. The third kappa shape index (κ3) is 4.25. The van der Waals surface area contributed by atoms with E-state index in [-0.39, 0.29) is 5.75 Å². The number of anilines is 2. The molecule has 1 aromatic heterocycles. The molecule has 0 amide bonds. The Labute approximate surface area is 155 Å². The van der Waals surface area contributed by atoms with Crippen molar-refractivity contribution in [2.45, 2.75) is 13.8 Å². The number of aromatic hydroxyl groups is 1. The molecule has 0 aliphatic carbocycles. The summed E-state index contributed by atoms with van der Waals surface area (Å²) in [5.74, 6) is 1.28. The van der Waals surface area contributed by atoms with Crippen molar-refractivity contribution in [3.63, 3.8) is 0 Å². The summed E-state index contributed by atoms with van der Waals surface area (Å²) >= 11 is 0. The number of piperazine rings is 1. The first-order chi connectivity index (χ1) is 12.7. The topological polar surface area (TPSA) is 55.2 Å². The zero-order valence-corrected chi connectivity index (χ0v) is 15.5. The molecule has 1 aliphatic rings. The van der Waals surface area contributed by atoms with Crippen LogP contribution in [-0.4, -0.2) is 60.6 Å². The van der Waals surface area contributed by atoms with E-state index in [1.807, 2.05) is 47.6 Å².